The summed E-state index contributed by atoms with van der Waals surface area (Å²) in [5.41, 5.74) is 0.152. The Morgan fingerprint density at radius 1 is 1.21 bits per heavy atom. The van der Waals surface area contributed by atoms with E-state index in [0.717, 1.165) is 12.1 Å². The standard InChI is InChI=1S/C26H17ClF3N3O4S2/c1-12-32-18-8-13(26(28,29)30)9-20(38)21(18)24(34)33(12)6-7-37-19-3-2-14(27)10-16(19)15-4-5-31-22-17(25(35)36)11-39-23(15)22/h2-5,8-11,38H,6-7H2,1H3,(H,35,36). The number of benzene rings is 2. The Morgan fingerprint density at radius 2 is 1.97 bits per heavy atom. The van der Waals surface area contributed by atoms with Crippen molar-refractivity contribution in [2.75, 3.05) is 6.61 Å². The summed E-state index contributed by atoms with van der Waals surface area (Å²) in [6.07, 6.45) is -3.09. The number of alkyl halides is 3. The molecule has 0 saturated carbocycles. The molecule has 0 saturated heterocycles. The number of ether oxygens (including phenoxy) is 1. The number of thiol groups is 1. The van der Waals surface area contributed by atoms with Gasteiger partial charge in [-0.15, -0.1) is 24.0 Å². The Kier molecular flexibility index (Phi) is 7.04. The van der Waals surface area contributed by atoms with Crippen molar-refractivity contribution in [3.63, 3.8) is 0 Å². The van der Waals surface area contributed by atoms with Gasteiger partial charge in [0.2, 0.25) is 0 Å². The monoisotopic (exact) mass is 591 g/mol. The summed E-state index contributed by atoms with van der Waals surface area (Å²) in [7, 11) is 0. The molecule has 0 amide bonds. The second kappa shape index (κ2) is 10.2. The minimum absolute atomic E-state index is 0.0180. The lowest BCUT2D eigenvalue weighted by Crippen LogP contribution is -2.27. The number of fused-ring (bicyclic) bond motifs is 2. The maximum atomic E-state index is 13.2. The summed E-state index contributed by atoms with van der Waals surface area (Å²) >= 11 is 11.6. The van der Waals surface area contributed by atoms with Crippen LogP contribution in [-0.4, -0.2) is 32.2 Å². The predicted molar refractivity (Wildman–Crippen MR) is 146 cm³/mol. The molecule has 0 aliphatic heterocycles. The van der Waals surface area contributed by atoms with Gasteiger partial charge in [0.25, 0.3) is 5.56 Å². The van der Waals surface area contributed by atoms with Gasteiger partial charge >= 0.3 is 12.1 Å². The van der Waals surface area contributed by atoms with Crippen LogP contribution in [0.4, 0.5) is 13.2 Å². The van der Waals surface area contributed by atoms with E-state index in [1.807, 2.05) is 0 Å². The Balaban J connectivity index is 1.47. The van der Waals surface area contributed by atoms with E-state index in [1.54, 1.807) is 24.3 Å². The van der Waals surface area contributed by atoms with Crippen molar-refractivity contribution in [1.29, 1.82) is 0 Å². The summed E-state index contributed by atoms with van der Waals surface area (Å²) in [5.74, 6) is -0.436. The average Bonchev–Trinajstić information content (AvgIpc) is 3.30. The van der Waals surface area contributed by atoms with Crippen molar-refractivity contribution in [2.45, 2.75) is 24.5 Å². The van der Waals surface area contributed by atoms with Crippen LogP contribution in [0, 0.1) is 6.92 Å². The number of aryl methyl sites for hydroxylation is 1. The number of carboxylic acids is 1. The lowest BCUT2D eigenvalue weighted by atomic mass is 10.0. The first-order valence-electron chi connectivity index (χ1n) is 11.3. The Morgan fingerprint density at radius 3 is 2.69 bits per heavy atom. The second-order valence-corrected chi connectivity index (χ2v) is 10.3. The van der Waals surface area contributed by atoms with E-state index >= 15 is 0 Å². The summed E-state index contributed by atoms with van der Waals surface area (Å²) in [6.45, 7) is 1.60. The van der Waals surface area contributed by atoms with E-state index in [1.165, 1.54) is 34.4 Å². The molecule has 39 heavy (non-hydrogen) atoms. The lowest BCUT2D eigenvalue weighted by molar-refractivity contribution is -0.137. The van der Waals surface area contributed by atoms with Gasteiger partial charge < -0.3 is 9.84 Å². The van der Waals surface area contributed by atoms with Gasteiger partial charge in [-0.3, -0.25) is 14.3 Å². The molecule has 0 aliphatic rings. The normalized spacial score (nSPS) is 11.8. The SMILES string of the molecule is Cc1nc2cc(C(F)(F)F)cc(S)c2c(=O)n1CCOc1ccc(Cl)cc1-c1ccnc2c(C(=O)O)csc12. The molecular formula is C26H17ClF3N3O4S2. The zero-order valence-electron chi connectivity index (χ0n) is 19.9. The molecule has 13 heteroatoms. The van der Waals surface area contributed by atoms with Gasteiger partial charge in [0.15, 0.2) is 0 Å². The number of halogens is 4. The van der Waals surface area contributed by atoms with Gasteiger partial charge in [-0.1, -0.05) is 11.6 Å². The highest BCUT2D eigenvalue weighted by Crippen LogP contribution is 2.39. The summed E-state index contributed by atoms with van der Waals surface area (Å²) in [5, 5.41) is 11.4. The van der Waals surface area contributed by atoms with Crippen molar-refractivity contribution >= 4 is 62.7 Å². The largest absolute Gasteiger partial charge is 0.491 e. The molecule has 1 N–H and O–H groups in total. The highest BCUT2D eigenvalue weighted by atomic mass is 35.5. The minimum atomic E-state index is -4.60. The third-order valence-electron chi connectivity index (χ3n) is 6.04. The van der Waals surface area contributed by atoms with Crippen molar-refractivity contribution < 1.29 is 27.8 Å². The zero-order valence-corrected chi connectivity index (χ0v) is 22.4. The number of hydrogen-bond acceptors (Lipinski definition) is 7. The van der Waals surface area contributed by atoms with Gasteiger partial charge in [-0.2, -0.15) is 13.2 Å². The summed E-state index contributed by atoms with van der Waals surface area (Å²) in [4.78, 5) is 33.1. The Bertz CT molecular complexity index is 1840. The molecule has 0 atom stereocenters. The molecule has 5 rings (SSSR count). The number of aromatic nitrogens is 3. The molecule has 7 nitrogen and oxygen atoms in total. The molecule has 0 bridgehead atoms. The van der Waals surface area contributed by atoms with Crippen molar-refractivity contribution in [3.8, 4) is 16.9 Å². The topological polar surface area (TPSA) is 94.3 Å². The number of aromatic carboxylic acids is 1. The van der Waals surface area contributed by atoms with Gasteiger partial charge in [0.1, 0.15) is 18.2 Å². The van der Waals surface area contributed by atoms with Crippen LogP contribution in [0.15, 0.2) is 57.7 Å². The zero-order chi connectivity index (χ0) is 28.1. The van der Waals surface area contributed by atoms with Gasteiger partial charge in [0, 0.05) is 32.6 Å². The van der Waals surface area contributed by atoms with E-state index in [9.17, 15) is 27.9 Å². The number of hydrogen-bond donors (Lipinski definition) is 2. The fourth-order valence-electron chi connectivity index (χ4n) is 4.24. The van der Waals surface area contributed by atoms with E-state index in [-0.39, 0.29) is 40.3 Å². The number of thiophene rings is 1. The van der Waals surface area contributed by atoms with Crippen LogP contribution in [0.5, 0.6) is 5.75 Å². The molecule has 3 heterocycles. The highest BCUT2D eigenvalue weighted by Gasteiger charge is 2.32. The highest BCUT2D eigenvalue weighted by molar-refractivity contribution is 7.80. The first-order valence-corrected chi connectivity index (χ1v) is 13.0. The quantitative estimate of drug-likeness (QED) is 0.213. The van der Waals surface area contributed by atoms with Crippen LogP contribution in [-0.2, 0) is 12.7 Å². The summed E-state index contributed by atoms with van der Waals surface area (Å²) < 4.78 is 47.6. The number of rotatable bonds is 6. The average molecular weight is 592 g/mol. The second-order valence-electron chi connectivity index (χ2n) is 8.48. The van der Waals surface area contributed by atoms with E-state index in [0.29, 0.717) is 32.1 Å². The molecule has 3 aromatic heterocycles. The third-order valence-corrected chi connectivity index (χ3v) is 7.64. The maximum absolute atomic E-state index is 13.2. The first kappa shape index (κ1) is 27.0. The molecular weight excluding hydrogens is 575 g/mol. The molecule has 0 radical (unpaired) electrons. The molecule has 200 valence electrons. The molecule has 2 aromatic carbocycles. The fraction of sp³-hybridized carbons (Fsp3) is 0.154. The van der Waals surface area contributed by atoms with Gasteiger partial charge in [-0.25, -0.2) is 9.78 Å². The first-order chi connectivity index (χ1) is 18.5. The smallest absolute Gasteiger partial charge is 0.416 e. The molecule has 0 spiro atoms. The number of pyridine rings is 1. The van der Waals surface area contributed by atoms with Crippen LogP contribution < -0.4 is 10.3 Å². The van der Waals surface area contributed by atoms with E-state index in [4.69, 9.17) is 16.3 Å². The van der Waals surface area contributed by atoms with E-state index in [2.05, 4.69) is 22.6 Å². The van der Waals surface area contributed by atoms with Crippen molar-refractivity contribution in [2.24, 2.45) is 0 Å². The molecule has 0 unspecified atom stereocenters. The molecule has 0 aliphatic carbocycles. The number of nitrogens with zero attached hydrogens (tertiary/aromatic N) is 3. The van der Waals surface area contributed by atoms with Gasteiger partial charge in [0.05, 0.1) is 38.8 Å². The number of carbonyl (C=O) groups is 1. The number of carboxylic acid groups (broad SMARTS) is 1. The van der Waals surface area contributed by atoms with Crippen LogP contribution in [0.1, 0.15) is 21.7 Å². The maximum Gasteiger partial charge on any atom is 0.416 e. The predicted octanol–water partition coefficient (Wildman–Crippen LogP) is 6.72. The third kappa shape index (κ3) is 5.07. The Hall–Kier alpha value is -3.61. The van der Waals surface area contributed by atoms with Crippen molar-refractivity contribution in [3.05, 3.63) is 80.3 Å². The fourth-order valence-corrected chi connectivity index (χ4v) is 5.79. The van der Waals surface area contributed by atoms with Crippen LogP contribution in [0.3, 0.4) is 0 Å². The minimum Gasteiger partial charge on any atom is -0.491 e. The van der Waals surface area contributed by atoms with Crippen LogP contribution in [0.25, 0.3) is 32.2 Å². The van der Waals surface area contributed by atoms with Crippen LogP contribution in [0.2, 0.25) is 5.02 Å². The van der Waals surface area contributed by atoms with Gasteiger partial charge in [-0.05, 0) is 43.3 Å². The van der Waals surface area contributed by atoms with E-state index < -0.39 is 23.3 Å². The summed E-state index contributed by atoms with van der Waals surface area (Å²) in [6, 6.07) is 8.35. The Labute approximate surface area is 232 Å². The molecule has 0 fully saturated rings. The van der Waals surface area contributed by atoms with Crippen molar-refractivity contribution in [1.82, 2.24) is 14.5 Å². The molecule has 5 aromatic rings. The lowest BCUT2D eigenvalue weighted by Gasteiger charge is -2.16. The van der Waals surface area contributed by atoms with Crippen LogP contribution >= 0.6 is 35.6 Å².